The van der Waals surface area contributed by atoms with Crippen LogP contribution < -0.4 is 9.88 Å². The molecule has 2 aromatic carbocycles. The Morgan fingerprint density at radius 3 is 2.57 bits per heavy atom. The number of nitriles is 1. The molecule has 9 heteroatoms. The number of esters is 1. The zero-order valence-corrected chi connectivity index (χ0v) is 16.9. The quantitative estimate of drug-likeness (QED) is 0.373. The molecule has 2 aromatic rings. The third-order valence-corrected chi connectivity index (χ3v) is 5.57. The van der Waals surface area contributed by atoms with Crippen LogP contribution in [0.25, 0.3) is 0 Å². The minimum absolute atomic E-state index is 0.0151. The summed E-state index contributed by atoms with van der Waals surface area (Å²) in [7, 11) is -4.19. The van der Waals surface area contributed by atoms with Crippen molar-refractivity contribution in [3.63, 3.8) is 0 Å². The summed E-state index contributed by atoms with van der Waals surface area (Å²) in [5, 5.41) is 14.0. The first-order valence-electron chi connectivity index (χ1n) is 8.47. The molecule has 148 valence electrons. The van der Waals surface area contributed by atoms with Gasteiger partial charge in [0.2, 0.25) is 10.0 Å². The standard InChI is InChI=1S/C19H20N2O5S2/c1-2-3-11-27-16-12-14(19(22)25-10-9-20)13-17(28(21,23)24)18(16)26-15-7-5-4-6-8-15/h4-8,12-13H,2-3,10-11H2,1H3,(H2,21,23,24). The average molecular weight is 421 g/mol. The molecule has 2 N–H and O–H groups in total. The van der Waals surface area contributed by atoms with Crippen molar-refractivity contribution in [1.29, 1.82) is 5.26 Å². The van der Waals surface area contributed by atoms with Crippen LogP contribution in [-0.4, -0.2) is 26.7 Å². The maximum absolute atomic E-state index is 12.2. The van der Waals surface area contributed by atoms with Gasteiger partial charge in [0.25, 0.3) is 0 Å². The van der Waals surface area contributed by atoms with E-state index < -0.39 is 22.6 Å². The molecule has 0 heterocycles. The van der Waals surface area contributed by atoms with Crippen LogP contribution in [-0.2, 0) is 14.8 Å². The molecule has 0 aliphatic heterocycles. The van der Waals surface area contributed by atoms with Gasteiger partial charge in [-0.2, -0.15) is 5.26 Å². The molecule has 7 nitrogen and oxygen atoms in total. The van der Waals surface area contributed by atoms with Gasteiger partial charge in [0.1, 0.15) is 16.7 Å². The molecule has 0 unspecified atom stereocenters. The molecule has 0 saturated carbocycles. The summed E-state index contributed by atoms with van der Waals surface area (Å²) in [5.74, 6) is 0.383. The molecule has 0 aliphatic carbocycles. The highest BCUT2D eigenvalue weighted by atomic mass is 32.2. The number of carbonyl (C=O) groups excluding carboxylic acids is 1. The molecular weight excluding hydrogens is 400 g/mol. The van der Waals surface area contributed by atoms with Gasteiger partial charge in [-0.3, -0.25) is 0 Å². The number of nitrogens with two attached hydrogens (primary N) is 1. The van der Waals surface area contributed by atoms with Crippen LogP contribution in [0.5, 0.6) is 11.5 Å². The second-order valence-corrected chi connectivity index (χ2v) is 8.36. The first kappa shape index (κ1) is 21.8. The summed E-state index contributed by atoms with van der Waals surface area (Å²) in [6.45, 7) is 1.59. The molecule has 0 aromatic heterocycles. The number of hydrogen-bond donors (Lipinski definition) is 1. The van der Waals surface area contributed by atoms with E-state index in [4.69, 9.17) is 19.9 Å². The Morgan fingerprint density at radius 1 is 1.25 bits per heavy atom. The smallest absolute Gasteiger partial charge is 0.339 e. The van der Waals surface area contributed by atoms with Crippen molar-refractivity contribution >= 4 is 27.8 Å². The van der Waals surface area contributed by atoms with E-state index in [2.05, 4.69) is 0 Å². The lowest BCUT2D eigenvalue weighted by Crippen LogP contribution is -2.16. The van der Waals surface area contributed by atoms with Crippen molar-refractivity contribution in [3.05, 3.63) is 48.0 Å². The summed E-state index contributed by atoms with van der Waals surface area (Å²) >= 11 is 1.36. The molecule has 0 atom stereocenters. The highest BCUT2D eigenvalue weighted by molar-refractivity contribution is 7.99. The van der Waals surface area contributed by atoms with E-state index in [-0.39, 0.29) is 16.2 Å². The Kier molecular flexibility index (Phi) is 7.87. The van der Waals surface area contributed by atoms with E-state index in [1.165, 1.54) is 17.8 Å². The monoisotopic (exact) mass is 420 g/mol. The second-order valence-electron chi connectivity index (χ2n) is 5.70. The molecule has 0 spiro atoms. The highest BCUT2D eigenvalue weighted by Crippen LogP contribution is 2.39. The van der Waals surface area contributed by atoms with Crippen molar-refractivity contribution in [2.75, 3.05) is 12.4 Å². The number of rotatable bonds is 9. The number of ether oxygens (including phenoxy) is 2. The first-order valence-corrected chi connectivity index (χ1v) is 11.0. The van der Waals surface area contributed by atoms with Crippen LogP contribution in [0.1, 0.15) is 30.1 Å². The van der Waals surface area contributed by atoms with E-state index >= 15 is 0 Å². The van der Waals surface area contributed by atoms with Crippen molar-refractivity contribution in [2.45, 2.75) is 29.6 Å². The summed E-state index contributed by atoms with van der Waals surface area (Å²) < 4.78 is 35.0. The molecule has 0 radical (unpaired) electrons. The van der Waals surface area contributed by atoms with E-state index in [0.29, 0.717) is 16.4 Å². The van der Waals surface area contributed by atoms with Crippen LogP contribution in [0.3, 0.4) is 0 Å². The minimum atomic E-state index is -4.19. The lowest BCUT2D eigenvalue weighted by molar-refractivity contribution is 0.0554. The Labute approximate surface area is 168 Å². The Morgan fingerprint density at radius 2 is 1.96 bits per heavy atom. The number of sulfonamides is 1. The molecule has 0 aliphatic rings. The summed E-state index contributed by atoms with van der Waals surface area (Å²) in [4.78, 5) is 12.3. The zero-order chi connectivity index (χ0) is 20.6. The van der Waals surface area contributed by atoms with Gasteiger partial charge >= 0.3 is 5.97 Å². The van der Waals surface area contributed by atoms with Gasteiger partial charge in [-0.25, -0.2) is 18.4 Å². The number of thioether (sulfide) groups is 1. The summed E-state index contributed by atoms with van der Waals surface area (Å²) in [6, 6.07) is 13.0. The predicted molar refractivity (Wildman–Crippen MR) is 106 cm³/mol. The van der Waals surface area contributed by atoms with Gasteiger partial charge in [0, 0.05) is 0 Å². The molecule has 0 saturated heterocycles. The number of carbonyl (C=O) groups is 1. The van der Waals surface area contributed by atoms with Crippen LogP contribution >= 0.6 is 11.8 Å². The number of nitrogens with zero attached hydrogens (tertiary/aromatic N) is 1. The van der Waals surface area contributed by atoms with Gasteiger partial charge in [-0.1, -0.05) is 31.5 Å². The number of para-hydroxylation sites is 1. The maximum atomic E-state index is 12.2. The zero-order valence-electron chi connectivity index (χ0n) is 15.3. The van der Waals surface area contributed by atoms with Gasteiger partial charge in [-0.15, -0.1) is 11.8 Å². The van der Waals surface area contributed by atoms with Crippen LogP contribution in [0.4, 0.5) is 0 Å². The first-order chi connectivity index (χ1) is 13.4. The fraction of sp³-hybridized carbons (Fsp3) is 0.263. The molecular formula is C19H20N2O5S2. The van der Waals surface area contributed by atoms with Crippen molar-refractivity contribution in [1.82, 2.24) is 0 Å². The van der Waals surface area contributed by atoms with E-state index in [1.807, 2.05) is 6.92 Å². The third kappa shape index (κ3) is 5.99. The lowest BCUT2D eigenvalue weighted by Gasteiger charge is -2.16. The highest BCUT2D eigenvalue weighted by Gasteiger charge is 2.24. The molecule has 0 fully saturated rings. The second kappa shape index (κ2) is 10.1. The minimum Gasteiger partial charge on any atom is -0.455 e. The Hall–Kier alpha value is -2.54. The molecule has 28 heavy (non-hydrogen) atoms. The van der Waals surface area contributed by atoms with E-state index in [0.717, 1.165) is 18.9 Å². The molecule has 0 amide bonds. The van der Waals surface area contributed by atoms with Crippen LogP contribution in [0.2, 0.25) is 0 Å². The largest absolute Gasteiger partial charge is 0.455 e. The fourth-order valence-corrected chi connectivity index (χ4v) is 4.14. The van der Waals surface area contributed by atoms with Crippen LogP contribution in [0, 0.1) is 11.3 Å². The fourth-order valence-electron chi connectivity index (χ4n) is 2.23. The molecule has 0 bridgehead atoms. The van der Waals surface area contributed by atoms with Crippen molar-refractivity contribution in [2.24, 2.45) is 5.14 Å². The normalized spacial score (nSPS) is 10.9. The number of benzene rings is 2. The number of hydrogen-bond acceptors (Lipinski definition) is 7. The van der Waals surface area contributed by atoms with Crippen molar-refractivity contribution < 1.29 is 22.7 Å². The Balaban J connectivity index is 2.57. The Bertz CT molecular complexity index is 970. The van der Waals surface area contributed by atoms with E-state index in [1.54, 1.807) is 36.4 Å². The summed E-state index contributed by atoms with van der Waals surface area (Å²) in [6.07, 6.45) is 1.84. The van der Waals surface area contributed by atoms with Crippen molar-refractivity contribution in [3.8, 4) is 17.6 Å². The lowest BCUT2D eigenvalue weighted by atomic mass is 10.2. The summed E-state index contributed by atoms with van der Waals surface area (Å²) in [5.41, 5.74) is -0.0151. The SMILES string of the molecule is CCCCSc1cc(C(=O)OCC#N)cc(S(N)(=O)=O)c1Oc1ccccc1. The number of unbranched alkanes of at least 4 members (excludes halogenated alkanes) is 1. The van der Waals surface area contributed by atoms with Crippen LogP contribution in [0.15, 0.2) is 52.3 Å². The molecule has 2 rings (SSSR count). The third-order valence-electron chi connectivity index (χ3n) is 3.55. The average Bonchev–Trinajstić information content (AvgIpc) is 2.67. The maximum Gasteiger partial charge on any atom is 0.339 e. The van der Waals surface area contributed by atoms with E-state index in [9.17, 15) is 13.2 Å². The topological polar surface area (TPSA) is 119 Å². The van der Waals surface area contributed by atoms with Gasteiger partial charge in [0.05, 0.1) is 10.5 Å². The van der Waals surface area contributed by atoms with Gasteiger partial charge in [-0.05, 0) is 36.4 Å². The van der Waals surface area contributed by atoms with Gasteiger partial charge < -0.3 is 9.47 Å². The predicted octanol–water partition coefficient (Wildman–Crippen LogP) is 3.70. The number of primary sulfonamides is 1. The van der Waals surface area contributed by atoms with Gasteiger partial charge in [0.15, 0.2) is 12.4 Å².